The first-order valence-electron chi connectivity index (χ1n) is 16.2. The van der Waals surface area contributed by atoms with Crippen LogP contribution in [0.15, 0.2) is 71.9 Å². The third-order valence-electron chi connectivity index (χ3n) is 13.7. The van der Waals surface area contributed by atoms with Gasteiger partial charge in [0.05, 0.1) is 18.6 Å². The molecule has 6 aliphatic rings. The zero-order valence-corrected chi connectivity index (χ0v) is 26.0. The maximum absolute atomic E-state index is 13.2. The standard InChI is InChI=1S/C38H48O4/c1-24(22-39)19-27-20-28(33(41)42-27)29-14-18-38-23-37(29,38)17-15-30-35(4)16-13-26(12-11-25-9-7-6-8-10-25)34(2,3)31(35)21-32(40)36(30,38)5/h6-13,15,17,19,27-32,39-40H,14,16,18,20-23H2,1-5H3/b12-11+,24-19+/t27-,28-,29-,30+,31-,32+,35+,36-,37+,38+/m0/s1. The second-order valence-corrected chi connectivity index (χ2v) is 15.7. The highest BCUT2D eigenvalue weighted by molar-refractivity contribution is 5.76. The summed E-state index contributed by atoms with van der Waals surface area (Å²) in [7, 11) is 0. The summed E-state index contributed by atoms with van der Waals surface area (Å²) in [6.45, 7) is 11.6. The highest BCUT2D eigenvalue weighted by Gasteiger charge is 2.84. The lowest BCUT2D eigenvalue weighted by Crippen LogP contribution is -2.63. The number of esters is 1. The molecule has 42 heavy (non-hydrogen) atoms. The smallest absolute Gasteiger partial charge is 0.309 e. The second-order valence-electron chi connectivity index (χ2n) is 15.7. The van der Waals surface area contributed by atoms with Gasteiger partial charge in [0.25, 0.3) is 0 Å². The number of benzene rings is 1. The Kier molecular flexibility index (Phi) is 6.27. The van der Waals surface area contributed by atoms with Crippen molar-refractivity contribution in [2.75, 3.05) is 6.61 Å². The van der Waals surface area contributed by atoms with Gasteiger partial charge in [0.15, 0.2) is 0 Å². The van der Waals surface area contributed by atoms with E-state index in [1.807, 2.05) is 13.0 Å². The van der Waals surface area contributed by atoms with Gasteiger partial charge < -0.3 is 14.9 Å². The van der Waals surface area contributed by atoms with Gasteiger partial charge in [0.2, 0.25) is 0 Å². The van der Waals surface area contributed by atoms with Crippen LogP contribution in [0.5, 0.6) is 0 Å². The zero-order valence-electron chi connectivity index (χ0n) is 26.0. The van der Waals surface area contributed by atoms with Crippen molar-refractivity contribution in [3.05, 3.63) is 77.4 Å². The topological polar surface area (TPSA) is 66.8 Å². The zero-order chi connectivity index (χ0) is 29.7. The van der Waals surface area contributed by atoms with Gasteiger partial charge in [0, 0.05) is 11.8 Å². The maximum atomic E-state index is 13.2. The van der Waals surface area contributed by atoms with Gasteiger partial charge >= 0.3 is 5.97 Å². The molecule has 1 heterocycles. The van der Waals surface area contributed by atoms with Crippen LogP contribution in [0, 0.1) is 50.7 Å². The van der Waals surface area contributed by atoms with E-state index in [4.69, 9.17) is 4.74 Å². The number of ether oxygens (including phenoxy) is 1. The minimum atomic E-state index is -0.374. The molecular formula is C38H48O4. The first-order chi connectivity index (χ1) is 19.9. The number of allylic oxidation sites excluding steroid dienone is 5. The van der Waals surface area contributed by atoms with Crippen LogP contribution in [0.4, 0.5) is 0 Å². The first kappa shape index (κ1) is 28.3. The summed E-state index contributed by atoms with van der Waals surface area (Å²) >= 11 is 0. The van der Waals surface area contributed by atoms with Gasteiger partial charge in [-0.2, -0.15) is 0 Å². The molecule has 0 radical (unpaired) electrons. The van der Waals surface area contributed by atoms with Crippen molar-refractivity contribution < 1.29 is 19.7 Å². The van der Waals surface area contributed by atoms with E-state index in [0.29, 0.717) is 18.3 Å². The number of fused-ring (bicyclic) bond motifs is 3. The number of cyclic esters (lactones) is 1. The molecule has 1 aliphatic heterocycles. The predicted octanol–water partition coefficient (Wildman–Crippen LogP) is 7.29. The minimum absolute atomic E-state index is 0.00781. The molecule has 1 aromatic rings. The monoisotopic (exact) mass is 568 g/mol. The van der Waals surface area contributed by atoms with E-state index in [1.165, 1.54) is 11.1 Å². The van der Waals surface area contributed by atoms with E-state index in [0.717, 1.165) is 37.7 Å². The van der Waals surface area contributed by atoms with Crippen molar-refractivity contribution in [2.24, 2.45) is 50.7 Å². The van der Waals surface area contributed by atoms with Crippen LogP contribution < -0.4 is 0 Å². The largest absolute Gasteiger partial charge is 0.458 e. The number of rotatable bonds is 5. The van der Waals surface area contributed by atoms with Crippen LogP contribution in [-0.2, 0) is 9.53 Å². The molecule has 0 spiro atoms. The normalized spacial score (nSPS) is 46.9. The molecule has 3 saturated carbocycles. The fourth-order valence-corrected chi connectivity index (χ4v) is 11.6. The fourth-order valence-electron chi connectivity index (χ4n) is 11.6. The highest BCUT2D eigenvalue weighted by atomic mass is 16.5. The average molecular weight is 569 g/mol. The molecule has 4 nitrogen and oxygen atoms in total. The number of hydrogen-bond acceptors (Lipinski definition) is 4. The molecule has 7 rings (SSSR count). The second kappa shape index (κ2) is 9.29. The van der Waals surface area contributed by atoms with Crippen molar-refractivity contribution in [2.45, 2.75) is 85.4 Å². The van der Waals surface area contributed by atoms with Crippen molar-refractivity contribution in [1.82, 2.24) is 0 Å². The van der Waals surface area contributed by atoms with E-state index in [1.54, 1.807) is 0 Å². The van der Waals surface area contributed by atoms with E-state index in [-0.39, 0.29) is 63.7 Å². The molecule has 0 amide bonds. The van der Waals surface area contributed by atoms with Gasteiger partial charge in [-0.15, -0.1) is 0 Å². The molecular weight excluding hydrogens is 520 g/mol. The Hall–Kier alpha value is -2.43. The van der Waals surface area contributed by atoms with Crippen molar-refractivity contribution >= 4 is 12.0 Å². The summed E-state index contributed by atoms with van der Waals surface area (Å²) in [6.07, 6.45) is 19.1. The van der Waals surface area contributed by atoms with Crippen LogP contribution in [0.25, 0.3) is 6.08 Å². The Balaban J connectivity index is 1.21. The lowest BCUT2D eigenvalue weighted by atomic mass is 9.39. The van der Waals surface area contributed by atoms with Gasteiger partial charge in [-0.3, -0.25) is 4.79 Å². The maximum Gasteiger partial charge on any atom is 0.309 e. The SMILES string of the molecule is C/C(=C\[C@H]1C[C@@H]([C@@H]2CC[C@]34C[C@]23C=C[C@@H]2[C@@]3(C)CC=C(/C=C/c5ccccc5)C(C)(C)[C@@H]3C[C@@H](O)[C@]24C)C(=O)O1)CO. The van der Waals surface area contributed by atoms with Crippen LogP contribution in [0.2, 0.25) is 0 Å². The molecule has 1 saturated heterocycles. The third kappa shape index (κ3) is 3.57. The van der Waals surface area contributed by atoms with Gasteiger partial charge in [-0.25, -0.2) is 0 Å². The molecule has 4 fully saturated rings. The lowest BCUT2D eigenvalue weighted by Gasteiger charge is -2.66. The lowest BCUT2D eigenvalue weighted by molar-refractivity contribution is -0.182. The third-order valence-corrected chi connectivity index (χ3v) is 13.7. The molecule has 0 unspecified atom stereocenters. The van der Waals surface area contributed by atoms with Crippen molar-refractivity contribution in [3.63, 3.8) is 0 Å². The van der Waals surface area contributed by atoms with Crippen molar-refractivity contribution in [1.29, 1.82) is 0 Å². The van der Waals surface area contributed by atoms with Gasteiger partial charge in [-0.1, -0.05) is 88.4 Å². The fraction of sp³-hybridized carbons (Fsp3) is 0.605. The first-order valence-corrected chi connectivity index (χ1v) is 16.2. The summed E-state index contributed by atoms with van der Waals surface area (Å²) in [6, 6.07) is 10.5. The average Bonchev–Trinajstić information content (AvgIpc) is 3.36. The number of carbonyl (C=O) groups excluding carboxylic acids is 1. The molecule has 0 bridgehead atoms. The van der Waals surface area contributed by atoms with Gasteiger partial charge in [-0.05, 0) is 101 Å². The summed E-state index contributed by atoms with van der Waals surface area (Å²) in [5, 5.41) is 21.7. The number of aliphatic hydroxyl groups excluding tert-OH is 2. The van der Waals surface area contributed by atoms with E-state index in [9.17, 15) is 15.0 Å². The summed E-state index contributed by atoms with van der Waals surface area (Å²) in [4.78, 5) is 13.2. The van der Waals surface area contributed by atoms with Gasteiger partial charge in [0.1, 0.15) is 6.10 Å². The summed E-state index contributed by atoms with van der Waals surface area (Å²) < 4.78 is 5.81. The Morgan fingerprint density at radius 2 is 1.86 bits per heavy atom. The molecule has 0 aromatic heterocycles. The van der Waals surface area contributed by atoms with E-state index in [2.05, 4.69) is 88.4 Å². The van der Waals surface area contributed by atoms with Crippen molar-refractivity contribution in [3.8, 4) is 0 Å². The Bertz CT molecular complexity index is 1400. The van der Waals surface area contributed by atoms with Crippen LogP contribution in [0.1, 0.15) is 78.7 Å². The molecule has 1 aromatic carbocycles. The number of hydrogen-bond donors (Lipinski definition) is 2. The predicted molar refractivity (Wildman–Crippen MR) is 166 cm³/mol. The van der Waals surface area contributed by atoms with Crippen LogP contribution >= 0.6 is 0 Å². The molecule has 5 aliphatic carbocycles. The molecule has 10 atom stereocenters. The van der Waals surface area contributed by atoms with E-state index < -0.39 is 0 Å². The van der Waals surface area contributed by atoms with Crippen LogP contribution in [0.3, 0.4) is 0 Å². The number of aliphatic hydroxyl groups is 2. The van der Waals surface area contributed by atoms with Crippen LogP contribution in [-0.4, -0.2) is 35.0 Å². The minimum Gasteiger partial charge on any atom is -0.458 e. The Labute approximate surface area is 251 Å². The quantitative estimate of drug-likeness (QED) is 0.289. The number of carbonyl (C=O) groups is 1. The summed E-state index contributed by atoms with van der Waals surface area (Å²) in [5.41, 5.74) is 3.28. The van der Waals surface area contributed by atoms with E-state index >= 15 is 0 Å². The highest BCUT2D eigenvalue weighted by Crippen LogP contribution is 2.89. The summed E-state index contributed by atoms with van der Waals surface area (Å²) in [5.74, 6) is 0.751. The Morgan fingerprint density at radius 1 is 1.10 bits per heavy atom. The molecule has 2 N–H and O–H groups in total. The Morgan fingerprint density at radius 3 is 2.60 bits per heavy atom. The molecule has 4 heteroatoms. The molecule has 224 valence electrons.